The van der Waals surface area contributed by atoms with E-state index in [-0.39, 0.29) is 0 Å². The molecule has 0 N–H and O–H groups in total. The first-order chi connectivity index (χ1) is 10.9. The Bertz CT molecular complexity index is 841. The van der Waals surface area contributed by atoms with Gasteiger partial charge < -0.3 is 0 Å². The van der Waals surface area contributed by atoms with Crippen LogP contribution in [0, 0.1) is 0 Å². The summed E-state index contributed by atoms with van der Waals surface area (Å²) in [5.74, 6) is 0. The van der Waals surface area contributed by atoms with Gasteiger partial charge in [0.05, 0.1) is 11.7 Å². The van der Waals surface area contributed by atoms with Crippen molar-refractivity contribution in [2.45, 2.75) is 6.04 Å². The molecule has 22 heavy (non-hydrogen) atoms. The number of rotatable bonds is 2. The van der Waals surface area contributed by atoms with Gasteiger partial charge in [-0.1, -0.05) is 66.7 Å². The Hall–Kier alpha value is -2.58. The lowest BCUT2D eigenvalue weighted by Crippen LogP contribution is -2.08. The van der Waals surface area contributed by atoms with Gasteiger partial charge in [0.2, 0.25) is 0 Å². The van der Waals surface area contributed by atoms with Gasteiger partial charge in [0.25, 0.3) is 0 Å². The van der Waals surface area contributed by atoms with E-state index in [0.29, 0.717) is 6.04 Å². The Kier molecular flexibility index (Phi) is 2.43. The Balaban J connectivity index is 1.60. The summed E-state index contributed by atoms with van der Waals surface area (Å²) in [6.07, 6.45) is 0. The fourth-order valence-electron chi connectivity index (χ4n) is 3.53. The zero-order valence-electron chi connectivity index (χ0n) is 12.2. The summed E-state index contributed by atoms with van der Waals surface area (Å²) in [6.45, 7) is 1.04. The van der Waals surface area contributed by atoms with E-state index >= 15 is 0 Å². The van der Waals surface area contributed by atoms with E-state index in [1.165, 1.54) is 27.9 Å². The van der Waals surface area contributed by atoms with Crippen molar-refractivity contribution in [1.82, 2.24) is 5.01 Å². The summed E-state index contributed by atoms with van der Waals surface area (Å²) < 4.78 is 0. The standard InChI is InChI=1S/C20H16N2/c1-2-7-15(8-3-1)16-9-6-10-17(13-16)20-18-11-4-5-12-19(18)21-14-22(20)21/h1-13,20H,14H2. The minimum absolute atomic E-state index is 0.361. The predicted octanol–water partition coefficient (Wildman–Crippen LogP) is 4.45. The fourth-order valence-corrected chi connectivity index (χ4v) is 3.53. The summed E-state index contributed by atoms with van der Waals surface area (Å²) in [7, 11) is 0. The number of hydrogen-bond acceptors (Lipinski definition) is 2. The highest BCUT2D eigenvalue weighted by Gasteiger charge is 2.47. The minimum atomic E-state index is 0.361. The van der Waals surface area contributed by atoms with Gasteiger partial charge in [0, 0.05) is 5.56 Å². The van der Waals surface area contributed by atoms with Gasteiger partial charge in [0.1, 0.15) is 6.67 Å². The molecule has 2 aliphatic rings. The van der Waals surface area contributed by atoms with E-state index < -0.39 is 0 Å². The molecule has 1 saturated heterocycles. The lowest BCUT2D eigenvalue weighted by Gasteiger charge is -2.15. The lowest BCUT2D eigenvalue weighted by atomic mass is 9.95. The van der Waals surface area contributed by atoms with Crippen molar-refractivity contribution < 1.29 is 0 Å². The van der Waals surface area contributed by atoms with E-state index in [2.05, 4.69) is 88.9 Å². The number of fused-ring (bicyclic) bond motifs is 3. The normalized spacial score (nSPS) is 21.4. The van der Waals surface area contributed by atoms with Crippen LogP contribution in [0.1, 0.15) is 17.2 Å². The summed E-state index contributed by atoms with van der Waals surface area (Å²) >= 11 is 0. The molecule has 0 bridgehead atoms. The molecule has 1 fully saturated rings. The Morgan fingerprint density at radius 2 is 1.50 bits per heavy atom. The van der Waals surface area contributed by atoms with Crippen LogP contribution >= 0.6 is 0 Å². The maximum absolute atomic E-state index is 2.43. The molecule has 106 valence electrons. The van der Waals surface area contributed by atoms with Gasteiger partial charge in [0.15, 0.2) is 0 Å². The maximum Gasteiger partial charge on any atom is 0.106 e. The molecule has 5 rings (SSSR count). The second-order valence-corrected chi connectivity index (χ2v) is 5.93. The van der Waals surface area contributed by atoms with E-state index in [1.807, 2.05) is 0 Å². The summed E-state index contributed by atoms with van der Waals surface area (Å²) in [4.78, 5) is 0. The van der Waals surface area contributed by atoms with Gasteiger partial charge in [-0.25, -0.2) is 0 Å². The maximum atomic E-state index is 2.43. The van der Waals surface area contributed by atoms with E-state index in [9.17, 15) is 0 Å². The van der Waals surface area contributed by atoms with Crippen molar-refractivity contribution in [1.29, 1.82) is 0 Å². The average Bonchev–Trinajstić information content (AvgIpc) is 3.31. The van der Waals surface area contributed by atoms with Crippen LogP contribution in [-0.2, 0) is 0 Å². The van der Waals surface area contributed by atoms with Crippen LogP contribution in [0.15, 0.2) is 78.9 Å². The molecular formula is C20H16N2. The van der Waals surface area contributed by atoms with Crippen LogP contribution in [0.5, 0.6) is 0 Å². The highest BCUT2D eigenvalue weighted by atomic mass is 15.8. The smallest absolute Gasteiger partial charge is 0.106 e. The van der Waals surface area contributed by atoms with Crippen LogP contribution < -0.4 is 5.01 Å². The van der Waals surface area contributed by atoms with Gasteiger partial charge >= 0.3 is 0 Å². The zero-order chi connectivity index (χ0) is 14.5. The van der Waals surface area contributed by atoms with Crippen molar-refractivity contribution in [2.75, 3.05) is 11.7 Å². The Morgan fingerprint density at radius 3 is 2.41 bits per heavy atom. The predicted molar refractivity (Wildman–Crippen MR) is 89.3 cm³/mol. The largest absolute Gasteiger partial charge is 0.287 e. The van der Waals surface area contributed by atoms with Crippen molar-refractivity contribution in [2.24, 2.45) is 0 Å². The van der Waals surface area contributed by atoms with Crippen molar-refractivity contribution in [3.05, 3.63) is 90.0 Å². The number of anilines is 1. The molecule has 0 aliphatic carbocycles. The third-order valence-corrected chi connectivity index (χ3v) is 4.62. The quantitative estimate of drug-likeness (QED) is 0.641. The van der Waals surface area contributed by atoms with Crippen LogP contribution in [0.4, 0.5) is 5.69 Å². The molecular weight excluding hydrogens is 268 g/mol. The molecule has 2 heteroatoms. The molecule has 0 aromatic heterocycles. The molecule has 0 spiro atoms. The van der Waals surface area contributed by atoms with E-state index in [4.69, 9.17) is 0 Å². The second-order valence-electron chi connectivity index (χ2n) is 5.93. The molecule has 0 radical (unpaired) electrons. The number of nitrogens with zero attached hydrogens (tertiary/aromatic N) is 2. The van der Waals surface area contributed by atoms with Gasteiger partial charge in [-0.05, 0) is 28.8 Å². The zero-order valence-corrected chi connectivity index (χ0v) is 12.2. The van der Waals surface area contributed by atoms with Crippen molar-refractivity contribution in [3.8, 4) is 11.1 Å². The minimum Gasteiger partial charge on any atom is -0.287 e. The molecule has 2 nitrogen and oxygen atoms in total. The number of benzene rings is 3. The topological polar surface area (TPSA) is 6.02 Å². The second kappa shape index (κ2) is 4.46. The van der Waals surface area contributed by atoms with Crippen LogP contribution in [0.25, 0.3) is 11.1 Å². The average molecular weight is 284 g/mol. The molecule has 0 saturated carbocycles. The molecule has 0 amide bonds. The Morgan fingerprint density at radius 1 is 0.727 bits per heavy atom. The van der Waals surface area contributed by atoms with Gasteiger partial charge in [-0.3, -0.25) is 5.01 Å². The van der Waals surface area contributed by atoms with E-state index in [0.717, 1.165) is 6.67 Å². The van der Waals surface area contributed by atoms with Crippen LogP contribution in [-0.4, -0.2) is 11.7 Å². The molecule has 2 heterocycles. The van der Waals surface area contributed by atoms with Crippen molar-refractivity contribution in [3.63, 3.8) is 0 Å². The third-order valence-electron chi connectivity index (χ3n) is 4.62. The first kappa shape index (κ1) is 12.0. The summed E-state index contributed by atoms with van der Waals surface area (Å²) in [6, 6.07) is 28.6. The summed E-state index contributed by atoms with van der Waals surface area (Å²) in [5.41, 5.74) is 6.71. The third kappa shape index (κ3) is 1.71. The van der Waals surface area contributed by atoms with Gasteiger partial charge in [-0.2, -0.15) is 5.01 Å². The SMILES string of the molecule is c1ccc(-c2cccc(C3c4ccccc4N4CN34)c2)cc1. The van der Waals surface area contributed by atoms with E-state index in [1.54, 1.807) is 0 Å². The highest BCUT2D eigenvalue weighted by molar-refractivity contribution is 5.68. The van der Waals surface area contributed by atoms with Gasteiger partial charge in [-0.15, -0.1) is 0 Å². The first-order valence-corrected chi connectivity index (χ1v) is 7.70. The molecule has 2 atom stereocenters. The molecule has 3 aromatic carbocycles. The molecule has 2 aliphatic heterocycles. The number of hydrogen-bond donors (Lipinski definition) is 0. The molecule has 3 aromatic rings. The monoisotopic (exact) mass is 284 g/mol. The van der Waals surface area contributed by atoms with Crippen LogP contribution in [0.3, 0.4) is 0 Å². The Labute approximate surface area is 130 Å². The first-order valence-electron chi connectivity index (χ1n) is 7.70. The summed E-state index contributed by atoms with van der Waals surface area (Å²) in [5, 5.41) is 4.78. The number of hydrazine groups is 1. The number of para-hydroxylation sites is 1. The fraction of sp³-hybridized carbons (Fsp3) is 0.100. The molecule has 2 unspecified atom stereocenters. The lowest BCUT2D eigenvalue weighted by molar-refractivity contribution is 0.485. The van der Waals surface area contributed by atoms with Crippen molar-refractivity contribution >= 4 is 5.69 Å². The highest BCUT2D eigenvalue weighted by Crippen LogP contribution is 2.50. The van der Waals surface area contributed by atoms with Crippen LogP contribution in [0.2, 0.25) is 0 Å².